The minimum atomic E-state index is 0.127. The zero-order valence-corrected chi connectivity index (χ0v) is 11.8. The second kappa shape index (κ2) is 5.31. The van der Waals surface area contributed by atoms with Crippen LogP contribution in [-0.2, 0) is 10.2 Å². The van der Waals surface area contributed by atoms with E-state index < -0.39 is 0 Å². The predicted octanol–water partition coefficient (Wildman–Crippen LogP) is 2.89. The van der Waals surface area contributed by atoms with Crippen molar-refractivity contribution in [2.24, 2.45) is 5.73 Å². The van der Waals surface area contributed by atoms with Crippen molar-refractivity contribution >= 4 is 11.6 Å². The van der Waals surface area contributed by atoms with Crippen molar-refractivity contribution in [3.63, 3.8) is 0 Å². The van der Waals surface area contributed by atoms with Gasteiger partial charge in [0.15, 0.2) is 0 Å². The Morgan fingerprint density at radius 2 is 2.05 bits per heavy atom. The Morgan fingerprint density at radius 1 is 1.32 bits per heavy atom. The molecule has 1 saturated carbocycles. The summed E-state index contributed by atoms with van der Waals surface area (Å²) >= 11 is 6.35. The van der Waals surface area contributed by atoms with E-state index in [1.54, 1.807) is 0 Å². The standard InChI is InChI=1S/C15H20ClNO2/c16-13-7-11(15(10-17)5-1-2-6-15)3-4-14(13)19-12-8-18-9-12/h3-4,7,12H,1-2,5-6,8-10,17H2. The average Bonchev–Trinajstić information content (AvgIpc) is 2.85. The van der Waals surface area contributed by atoms with Gasteiger partial charge in [0.1, 0.15) is 11.9 Å². The molecule has 1 heterocycles. The third kappa shape index (κ3) is 2.47. The van der Waals surface area contributed by atoms with Gasteiger partial charge in [0, 0.05) is 12.0 Å². The van der Waals surface area contributed by atoms with Gasteiger partial charge in [0.2, 0.25) is 0 Å². The van der Waals surface area contributed by atoms with Gasteiger partial charge < -0.3 is 15.2 Å². The van der Waals surface area contributed by atoms with Crippen molar-refractivity contribution in [3.05, 3.63) is 28.8 Å². The molecule has 0 aromatic heterocycles. The summed E-state index contributed by atoms with van der Waals surface area (Å²) in [6, 6.07) is 6.14. The van der Waals surface area contributed by atoms with Crippen LogP contribution < -0.4 is 10.5 Å². The largest absolute Gasteiger partial charge is 0.484 e. The minimum absolute atomic E-state index is 0.127. The quantitative estimate of drug-likeness (QED) is 0.923. The summed E-state index contributed by atoms with van der Waals surface area (Å²) in [6.07, 6.45) is 4.99. The van der Waals surface area contributed by atoms with E-state index in [1.165, 1.54) is 18.4 Å². The molecule has 104 valence electrons. The smallest absolute Gasteiger partial charge is 0.145 e. The minimum Gasteiger partial charge on any atom is -0.484 e. The van der Waals surface area contributed by atoms with Gasteiger partial charge in [-0.25, -0.2) is 0 Å². The Kier molecular flexibility index (Phi) is 3.70. The van der Waals surface area contributed by atoms with Crippen molar-refractivity contribution in [1.82, 2.24) is 0 Å². The highest BCUT2D eigenvalue weighted by Gasteiger charge is 2.34. The third-order valence-electron chi connectivity index (χ3n) is 4.40. The van der Waals surface area contributed by atoms with Crippen LogP contribution in [0.3, 0.4) is 0 Å². The molecule has 2 N–H and O–H groups in total. The van der Waals surface area contributed by atoms with E-state index >= 15 is 0 Å². The summed E-state index contributed by atoms with van der Waals surface area (Å²) in [7, 11) is 0. The lowest BCUT2D eigenvalue weighted by atomic mass is 9.79. The predicted molar refractivity (Wildman–Crippen MR) is 75.9 cm³/mol. The zero-order valence-electron chi connectivity index (χ0n) is 11.0. The Labute approximate surface area is 119 Å². The molecule has 0 atom stereocenters. The van der Waals surface area contributed by atoms with Crippen LogP contribution in [0.1, 0.15) is 31.2 Å². The Balaban J connectivity index is 1.81. The molecular formula is C15H20ClNO2. The van der Waals surface area contributed by atoms with Crippen molar-refractivity contribution in [2.75, 3.05) is 19.8 Å². The molecule has 1 aliphatic carbocycles. The van der Waals surface area contributed by atoms with E-state index in [1.807, 2.05) is 12.1 Å². The number of benzene rings is 1. The first kappa shape index (κ1) is 13.2. The van der Waals surface area contributed by atoms with Crippen LogP contribution in [0.2, 0.25) is 5.02 Å². The molecule has 3 rings (SSSR count). The number of rotatable bonds is 4. The molecule has 1 aliphatic heterocycles. The molecule has 2 fully saturated rings. The summed E-state index contributed by atoms with van der Waals surface area (Å²) < 4.78 is 10.9. The van der Waals surface area contributed by atoms with E-state index in [2.05, 4.69) is 6.07 Å². The Hall–Kier alpha value is -0.770. The van der Waals surface area contributed by atoms with Gasteiger partial charge in [0.05, 0.1) is 18.2 Å². The van der Waals surface area contributed by atoms with Crippen LogP contribution in [0.25, 0.3) is 0 Å². The summed E-state index contributed by atoms with van der Waals surface area (Å²) in [5.41, 5.74) is 7.40. The Bertz CT molecular complexity index is 453. The maximum atomic E-state index is 6.35. The SMILES string of the molecule is NCC1(c2ccc(OC3COC3)c(Cl)c2)CCCC1. The fourth-order valence-electron chi connectivity index (χ4n) is 3.05. The summed E-state index contributed by atoms with van der Waals surface area (Å²) in [6.45, 7) is 2.01. The molecule has 1 saturated heterocycles. The third-order valence-corrected chi connectivity index (χ3v) is 4.69. The maximum Gasteiger partial charge on any atom is 0.145 e. The van der Waals surface area contributed by atoms with Crippen molar-refractivity contribution in [3.8, 4) is 5.75 Å². The van der Waals surface area contributed by atoms with E-state index in [-0.39, 0.29) is 11.5 Å². The number of halogens is 1. The second-order valence-electron chi connectivity index (χ2n) is 5.61. The van der Waals surface area contributed by atoms with Gasteiger partial charge in [-0.05, 0) is 30.5 Å². The van der Waals surface area contributed by atoms with Crippen LogP contribution in [0.5, 0.6) is 5.75 Å². The molecule has 0 spiro atoms. The Morgan fingerprint density at radius 3 is 2.58 bits per heavy atom. The lowest BCUT2D eigenvalue weighted by Gasteiger charge is -2.30. The van der Waals surface area contributed by atoms with Gasteiger partial charge in [0.25, 0.3) is 0 Å². The highest BCUT2D eigenvalue weighted by molar-refractivity contribution is 6.32. The zero-order chi connectivity index (χ0) is 13.3. The van der Waals surface area contributed by atoms with Crippen LogP contribution in [0.4, 0.5) is 0 Å². The fourth-order valence-corrected chi connectivity index (χ4v) is 3.28. The maximum absolute atomic E-state index is 6.35. The highest BCUT2D eigenvalue weighted by Crippen LogP contribution is 2.42. The first-order valence-corrected chi connectivity index (χ1v) is 7.36. The molecule has 3 nitrogen and oxygen atoms in total. The number of hydrogen-bond acceptors (Lipinski definition) is 3. The molecule has 0 bridgehead atoms. The van der Waals surface area contributed by atoms with E-state index in [9.17, 15) is 0 Å². The van der Waals surface area contributed by atoms with E-state index in [0.717, 1.165) is 18.6 Å². The average molecular weight is 282 g/mol. The fraction of sp³-hybridized carbons (Fsp3) is 0.600. The van der Waals surface area contributed by atoms with Crippen molar-refractivity contribution < 1.29 is 9.47 Å². The van der Waals surface area contributed by atoms with Crippen molar-refractivity contribution in [2.45, 2.75) is 37.2 Å². The summed E-state index contributed by atoms with van der Waals surface area (Å²) in [5, 5.41) is 0.684. The summed E-state index contributed by atoms with van der Waals surface area (Å²) in [5.74, 6) is 0.754. The first-order chi connectivity index (χ1) is 9.23. The van der Waals surface area contributed by atoms with E-state index in [4.69, 9.17) is 26.8 Å². The van der Waals surface area contributed by atoms with Gasteiger partial charge in [-0.15, -0.1) is 0 Å². The molecule has 19 heavy (non-hydrogen) atoms. The van der Waals surface area contributed by atoms with Crippen molar-refractivity contribution in [1.29, 1.82) is 0 Å². The van der Waals surface area contributed by atoms with Gasteiger partial charge in [-0.3, -0.25) is 0 Å². The van der Waals surface area contributed by atoms with E-state index in [0.29, 0.717) is 24.8 Å². The lowest BCUT2D eigenvalue weighted by molar-refractivity contribution is -0.0796. The molecule has 2 aliphatic rings. The molecule has 1 aromatic rings. The van der Waals surface area contributed by atoms with Crippen LogP contribution in [0, 0.1) is 0 Å². The normalized spacial score (nSPS) is 22.2. The summed E-state index contributed by atoms with van der Waals surface area (Å²) in [4.78, 5) is 0. The molecule has 0 unspecified atom stereocenters. The van der Waals surface area contributed by atoms with Gasteiger partial charge >= 0.3 is 0 Å². The van der Waals surface area contributed by atoms with Gasteiger partial charge in [-0.1, -0.05) is 30.5 Å². The highest BCUT2D eigenvalue weighted by atomic mass is 35.5. The number of hydrogen-bond donors (Lipinski definition) is 1. The second-order valence-corrected chi connectivity index (χ2v) is 6.02. The molecule has 0 radical (unpaired) electrons. The molecular weight excluding hydrogens is 262 g/mol. The van der Waals surface area contributed by atoms with Crippen LogP contribution in [0.15, 0.2) is 18.2 Å². The molecule has 4 heteroatoms. The van der Waals surface area contributed by atoms with Crippen LogP contribution in [-0.4, -0.2) is 25.9 Å². The molecule has 1 aromatic carbocycles. The number of nitrogens with two attached hydrogens (primary N) is 1. The first-order valence-electron chi connectivity index (χ1n) is 6.98. The van der Waals surface area contributed by atoms with Gasteiger partial charge in [-0.2, -0.15) is 0 Å². The number of ether oxygens (including phenoxy) is 2. The molecule has 0 amide bonds. The lowest BCUT2D eigenvalue weighted by Crippen LogP contribution is -2.38. The monoisotopic (exact) mass is 281 g/mol. The van der Waals surface area contributed by atoms with Crippen LogP contribution >= 0.6 is 11.6 Å². The topological polar surface area (TPSA) is 44.5 Å².